The molecule has 2 rings (SSSR count). The van der Waals surface area contributed by atoms with E-state index in [1.54, 1.807) is 0 Å². The Morgan fingerprint density at radius 3 is 2.71 bits per heavy atom. The lowest BCUT2D eigenvalue weighted by Crippen LogP contribution is -2.12. The molecule has 0 aliphatic carbocycles. The largest absolute Gasteiger partial charge is 0.297 e. The molecule has 0 aromatic heterocycles. The van der Waals surface area contributed by atoms with E-state index in [1.165, 1.54) is 12.0 Å². The number of halogens is 1. The maximum absolute atomic E-state index is 5.83. The van der Waals surface area contributed by atoms with Crippen LogP contribution < -0.4 is 0 Å². The van der Waals surface area contributed by atoms with Crippen molar-refractivity contribution in [1.82, 2.24) is 0 Å². The normalized spacial score (nSPS) is 21.1. The van der Waals surface area contributed by atoms with Crippen molar-refractivity contribution in [2.75, 3.05) is 6.54 Å². The third-order valence-electron chi connectivity index (χ3n) is 2.63. The minimum absolute atomic E-state index is 0.723. The summed E-state index contributed by atoms with van der Waals surface area (Å²) in [5.74, 6) is 0.723. The van der Waals surface area contributed by atoms with Gasteiger partial charge in [-0.25, -0.2) is 0 Å². The van der Waals surface area contributed by atoms with Gasteiger partial charge >= 0.3 is 0 Å². The van der Waals surface area contributed by atoms with Crippen LogP contribution in [0.4, 0.5) is 0 Å². The second-order valence-electron chi connectivity index (χ2n) is 3.82. The highest BCUT2D eigenvalue weighted by atomic mass is 35.5. The molecule has 14 heavy (non-hydrogen) atoms. The topological polar surface area (TPSA) is 12.4 Å². The molecule has 1 atom stereocenters. The van der Waals surface area contributed by atoms with E-state index >= 15 is 0 Å². The summed E-state index contributed by atoms with van der Waals surface area (Å²) in [6.45, 7) is 0.989. The Kier molecular flexibility index (Phi) is 3.20. The Labute approximate surface area is 89.8 Å². The van der Waals surface area contributed by atoms with E-state index < -0.39 is 0 Å². The molecule has 1 aromatic carbocycles. The molecule has 0 fully saturated rings. The molecule has 2 heteroatoms. The molecule has 1 aromatic rings. The fraction of sp³-hybridized carbons (Fsp3) is 0.417. The van der Waals surface area contributed by atoms with Crippen LogP contribution in [0.1, 0.15) is 18.4 Å². The minimum Gasteiger partial charge on any atom is -0.297 e. The van der Waals surface area contributed by atoms with Crippen LogP contribution in [0.5, 0.6) is 0 Å². The van der Waals surface area contributed by atoms with E-state index in [4.69, 9.17) is 11.6 Å². The van der Waals surface area contributed by atoms with Crippen molar-refractivity contribution in [2.24, 2.45) is 10.9 Å². The Balaban J connectivity index is 1.96. The highest BCUT2D eigenvalue weighted by Gasteiger charge is 2.10. The summed E-state index contributed by atoms with van der Waals surface area (Å²) >= 11 is 5.83. The lowest BCUT2D eigenvalue weighted by atomic mass is 9.94. The monoisotopic (exact) mass is 207 g/mol. The van der Waals surface area contributed by atoms with Gasteiger partial charge in [0, 0.05) is 11.6 Å². The van der Waals surface area contributed by atoms with Crippen LogP contribution >= 0.6 is 11.6 Å². The Morgan fingerprint density at radius 2 is 2.07 bits per heavy atom. The van der Waals surface area contributed by atoms with Gasteiger partial charge in [-0.3, -0.25) is 4.99 Å². The molecule has 0 saturated carbocycles. The maximum Gasteiger partial charge on any atom is 0.0416 e. The summed E-state index contributed by atoms with van der Waals surface area (Å²) < 4.78 is 0. The second-order valence-corrected chi connectivity index (χ2v) is 4.26. The van der Waals surface area contributed by atoms with Crippen LogP contribution in [0.25, 0.3) is 0 Å². The molecule has 74 valence electrons. The summed E-state index contributed by atoms with van der Waals surface area (Å²) in [4.78, 5) is 4.32. The third-order valence-corrected chi connectivity index (χ3v) is 2.89. The molecule has 0 radical (unpaired) electrons. The van der Waals surface area contributed by atoms with Crippen LogP contribution in [-0.2, 0) is 6.42 Å². The van der Waals surface area contributed by atoms with Crippen LogP contribution in [0.15, 0.2) is 29.3 Å². The van der Waals surface area contributed by atoms with Gasteiger partial charge in [-0.1, -0.05) is 23.7 Å². The van der Waals surface area contributed by atoms with Gasteiger partial charge in [-0.15, -0.1) is 0 Å². The van der Waals surface area contributed by atoms with Crippen molar-refractivity contribution in [2.45, 2.75) is 19.3 Å². The van der Waals surface area contributed by atoms with E-state index in [-0.39, 0.29) is 0 Å². The Bertz CT molecular complexity index is 316. The molecule has 1 nitrogen and oxygen atoms in total. The summed E-state index contributed by atoms with van der Waals surface area (Å²) in [6.07, 6.45) is 5.58. The number of benzene rings is 1. The van der Waals surface area contributed by atoms with Gasteiger partial charge in [-0.05, 0) is 49.1 Å². The zero-order valence-electron chi connectivity index (χ0n) is 8.12. The van der Waals surface area contributed by atoms with Crippen molar-refractivity contribution in [3.63, 3.8) is 0 Å². The number of rotatable bonds is 2. The second kappa shape index (κ2) is 4.61. The molecular formula is C12H14ClN. The van der Waals surface area contributed by atoms with E-state index in [0.717, 1.165) is 30.3 Å². The molecule has 0 amide bonds. The average Bonchev–Trinajstić information content (AvgIpc) is 2.23. The first kappa shape index (κ1) is 9.72. The van der Waals surface area contributed by atoms with Gasteiger partial charge in [-0.2, -0.15) is 0 Å². The van der Waals surface area contributed by atoms with Crippen molar-refractivity contribution in [3.05, 3.63) is 34.9 Å². The fourth-order valence-electron chi connectivity index (χ4n) is 1.84. The molecule has 1 aliphatic heterocycles. The number of hydrogen-bond acceptors (Lipinski definition) is 1. The van der Waals surface area contributed by atoms with E-state index in [0.29, 0.717) is 0 Å². The van der Waals surface area contributed by atoms with Gasteiger partial charge in [0.15, 0.2) is 0 Å². The predicted octanol–water partition coefficient (Wildman–Crippen LogP) is 3.36. The van der Waals surface area contributed by atoms with Gasteiger partial charge in [0.25, 0.3) is 0 Å². The molecule has 1 aliphatic rings. The van der Waals surface area contributed by atoms with Gasteiger partial charge < -0.3 is 0 Å². The number of hydrogen-bond donors (Lipinski definition) is 0. The Hall–Kier alpha value is -0.820. The molecule has 0 unspecified atom stereocenters. The van der Waals surface area contributed by atoms with E-state index in [1.807, 2.05) is 18.3 Å². The first-order chi connectivity index (χ1) is 6.84. The summed E-state index contributed by atoms with van der Waals surface area (Å²) in [5.41, 5.74) is 1.37. The van der Waals surface area contributed by atoms with Crippen molar-refractivity contribution >= 4 is 17.8 Å². The molecule has 0 spiro atoms. The summed E-state index contributed by atoms with van der Waals surface area (Å²) in [6, 6.07) is 8.15. The van der Waals surface area contributed by atoms with Crippen LogP contribution in [0.3, 0.4) is 0 Å². The van der Waals surface area contributed by atoms with Crippen molar-refractivity contribution in [3.8, 4) is 0 Å². The highest BCUT2D eigenvalue weighted by Crippen LogP contribution is 2.18. The van der Waals surface area contributed by atoms with Gasteiger partial charge in [0.05, 0.1) is 0 Å². The molecule has 0 saturated heterocycles. The Morgan fingerprint density at radius 1 is 1.29 bits per heavy atom. The lowest BCUT2D eigenvalue weighted by molar-refractivity contribution is 0.492. The molecule has 0 bridgehead atoms. The SMILES string of the molecule is Clc1ccc(C[C@@H]2CCC=NC2)cc1. The maximum atomic E-state index is 5.83. The smallest absolute Gasteiger partial charge is 0.0416 e. The number of nitrogens with zero attached hydrogens (tertiary/aromatic N) is 1. The van der Waals surface area contributed by atoms with Gasteiger partial charge in [0.1, 0.15) is 0 Å². The van der Waals surface area contributed by atoms with E-state index in [9.17, 15) is 0 Å². The van der Waals surface area contributed by atoms with E-state index in [2.05, 4.69) is 17.1 Å². The zero-order valence-corrected chi connectivity index (χ0v) is 8.87. The quantitative estimate of drug-likeness (QED) is 0.705. The standard InChI is InChI=1S/C12H14ClN/c13-12-5-3-10(4-6-12)8-11-2-1-7-14-9-11/h3-7,11H,1-2,8-9H2/t11-/m0/s1. The molecule has 0 N–H and O–H groups in total. The first-order valence-electron chi connectivity index (χ1n) is 5.07. The average molecular weight is 208 g/mol. The van der Waals surface area contributed by atoms with Gasteiger partial charge in [0.2, 0.25) is 0 Å². The predicted molar refractivity (Wildman–Crippen MR) is 61.2 cm³/mol. The van der Waals surface area contributed by atoms with Crippen LogP contribution in [-0.4, -0.2) is 12.8 Å². The zero-order chi connectivity index (χ0) is 9.80. The van der Waals surface area contributed by atoms with Crippen LogP contribution in [0, 0.1) is 5.92 Å². The fourth-order valence-corrected chi connectivity index (χ4v) is 1.96. The third kappa shape index (κ3) is 2.58. The number of aliphatic imine (C=N–C) groups is 1. The highest BCUT2D eigenvalue weighted by molar-refractivity contribution is 6.30. The summed E-state index contributed by atoms with van der Waals surface area (Å²) in [5, 5.41) is 0.815. The molecule has 1 heterocycles. The van der Waals surface area contributed by atoms with Crippen LogP contribution in [0.2, 0.25) is 5.02 Å². The van der Waals surface area contributed by atoms with Crippen molar-refractivity contribution < 1.29 is 0 Å². The molecular weight excluding hydrogens is 194 g/mol. The minimum atomic E-state index is 0.723. The summed E-state index contributed by atoms with van der Waals surface area (Å²) in [7, 11) is 0. The lowest BCUT2D eigenvalue weighted by Gasteiger charge is -2.16. The van der Waals surface area contributed by atoms with Crippen molar-refractivity contribution in [1.29, 1.82) is 0 Å². The first-order valence-corrected chi connectivity index (χ1v) is 5.45.